The van der Waals surface area contributed by atoms with E-state index in [2.05, 4.69) is 10.6 Å². The first-order chi connectivity index (χ1) is 16.3. The number of hydrogen-bond donors (Lipinski definition) is 2. The maximum Gasteiger partial charge on any atom is 0.416 e. The molecule has 0 heterocycles. The second-order valence-corrected chi connectivity index (χ2v) is 7.17. The van der Waals surface area contributed by atoms with Gasteiger partial charge in [-0.15, -0.1) is 0 Å². The molecular weight excluding hydrogens is 481 g/mol. The summed E-state index contributed by atoms with van der Waals surface area (Å²) in [4.78, 5) is 25.7. The number of amides is 2. The van der Waals surface area contributed by atoms with E-state index in [0.717, 1.165) is 54.6 Å². The van der Waals surface area contributed by atoms with E-state index in [1.165, 1.54) is 12.1 Å². The maximum atomic E-state index is 13.2. The van der Waals surface area contributed by atoms with Crippen LogP contribution in [0.2, 0.25) is 0 Å². The minimum atomic E-state index is -4.69. The minimum Gasteiger partial charge on any atom is -0.322 e. The Labute approximate surface area is 194 Å². The molecule has 35 heavy (non-hydrogen) atoms. The standard InChI is InChI=1S/C24H15F7N2O2/c25-17-9-7-14(8-10-17)11-20(21(34)32-18-5-1-3-15(12-18)23(26,27)28)22(35)33-19-6-2-4-16(13-19)24(29,30)31/h1-13H,(H,32,34)(H,33,35). The quantitative estimate of drug-likeness (QED) is 0.183. The fraction of sp³-hybridized carbons (Fsp3) is 0.0833. The molecule has 3 aromatic carbocycles. The minimum absolute atomic E-state index is 0.180. The number of nitrogens with one attached hydrogen (secondary N) is 2. The van der Waals surface area contributed by atoms with Gasteiger partial charge in [-0.05, 0) is 60.2 Å². The van der Waals surface area contributed by atoms with E-state index < -0.39 is 46.7 Å². The summed E-state index contributed by atoms with van der Waals surface area (Å²) in [5.74, 6) is -2.89. The molecule has 0 aliphatic carbocycles. The molecule has 0 bridgehead atoms. The number of alkyl halides is 6. The number of halogens is 7. The lowest BCUT2D eigenvalue weighted by atomic mass is 10.1. The fourth-order valence-corrected chi connectivity index (χ4v) is 2.90. The second-order valence-electron chi connectivity index (χ2n) is 7.17. The van der Waals surface area contributed by atoms with Gasteiger partial charge in [0.25, 0.3) is 11.8 Å². The van der Waals surface area contributed by atoms with Crippen LogP contribution in [0.3, 0.4) is 0 Å². The van der Waals surface area contributed by atoms with Crippen LogP contribution in [0.1, 0.15) is 16.7 Å². The Morgan fingerprint density at radius 1 is 0.657 bits per heavy atom. The van der Waals surface area contributed by atoms with E-state index in [1.807, 2.05) is 0 Å². The van der Waals surface area contributed by atoms with Gasteiger partial charge in [-0.2, -0.15) is 26.3 Å². The number of carbonyl (C=O) groups is 2. The van der Waals surface area contributed by atoms with Gasteiger partial charge in [-0.1, -0.05) is 24.3 Å². The lowest BCUT2D eigenvalue weighted by Crippen LogP contribution is -2.25. The zero-order valence-electron chi connectivity index (χ0n) is 17.5. The molecule has 0 aliphatic heterocycles. The van der Waals surface area contributed by atoms with E-state index in [-0.39, 0.29) is 16.9 Å². The molecule has 3 aromatic rings. The summed E-state index contributed by atoms with van der Waals surface area (Å²) >= 11 is 0. The van der Waals surface area contributed by atoms with Crippen molar-refractivity contribution >= 4 is 29.3 Å². The molecule has 0 radical (unpaired) electrons. The zero-order valence-corrected chi connectivity index (χ0v) is 17.5. The Balaban J connectivity index is 1.93. The lowest BCUT2D eigenvalue weighted by molar-refractivity contribution is -0.138. The highest BCUT2D eigenvalue weighted by molar-refractivity contribution is 6.28. The molecule has 0 spiro atoms. The van der Waals surface area contributed by atoms with Crippen LogP contribution in [-0.2, 0) is 21.9 Å². The third-order valence-electron chi connectivity index (χ3n) is 4.57. The van der Waals surface area contributed by atoms with Crippen molar-refractivity contribution in [2.24, 2.45) is 0 Å². The van der Waals surface area contributed by atoms with Gasteiger partial charge in [-0.3, -0.25) is 9.59 Å². The summed E-state index contributed by atoms with van der Waals surface area (Å²) in [7, 11) is 0. The molecule has 4 nitrogen and oxygen atoms in total. The van der Waals surface area contributed by atoms with Crippen LogP contribution < -0.4 is 10.6 Å². The van der Waals surface area contributed by atoms with Gasteiger partial charge in [-0.25, -0.2) is 4.39 Å². The molecule has 0 aromatic heterocycles. The van der Waals surface area contributed by atoms with Gasteiger partial charge < -0.3 is 10.6 Å². The monoisotopic (exact) mass is 496 g/mol. The molecule has 0 saturated carbocycles. The van der Waals surface area contributed by atoms with Crippen LogP contribution in [0.5, 0.6) is 0 Å². The van der Waals surface area contributed by atoms with Crippen molar-refractivity contribution in [1.82, 2.24) is 0 Å². The van der Waals surface area contributed by atoms with Crippen LogP contribution in [0.25, 0.3) is 6.08 Å². The molecular formula is C24H15F7N2O2. The SMILES string of the molecule is O=C(Nc1cccc(C(F)(F)F)c1)C(=Cc1ccc(F)cc1)C(=O)Nc1cccc(C(F)(F)F)c1. The first-order valence-electron chi connectivity index (χ1n) is 9.77. The third kappa shape index (κ3) is 6.92. The smallest absolute Gasteiger partial charge is 0.322 e. The highest BCUT2D eigenvalue weighted by Crippen LogP contribution is 2.32. The van der Waals surface area contributed by atoms with Crippen LogP contribution in [0.4, 0.5) is 42.1 Å². The summed E-state index contributed by atoms with van der Waals surface area (Å²) in [6, 6.07) is 11.8. The summed E-state index contributed by atoms with van der Waals surface area (Å²) in [5, 5.41) is 4.33. The number of carbonyl (C=O) groups excluding carboxylic acids is 2. The Hall–Kier alpha value is -4.15. The first kappa shape index (κ1) is 25.5. The van der Waals surface area contributed by atoms with Crippen molar-refractivity contribution in [2.45, 2.75) is 12.4 Å². The number of rotatable bonds is 5. The zero-order chi connectivity index (χ0) is 25.8. The average molecular weight is 496 g/mol. The van der Waals surface area contributed by atoms with E-state index in [4.69, 9.17) is 0 Å². The van der Waals surface area contributed by atoms with Crippen LogP contribution in [0, 0.1) is 5.82 Å². The molecule has 0 fully saturated rings. The van der Waals surface area contributed by atoms with Crippen molar-refractivity contribution in [3.8, 4) is 0 Å². The van der Waals surface area contributed by atoms with E-state index in [0.29, 0.717) is 12.1 Å². The molecule has 0 saturated heterocycles. The van der Waals surface area contributed by atoms with Gasteiger partial charge >= 0.3 is 12.4 Å². The van der Waals surface area contributed by atoms with E-state index in [9.17, 15) is 40.3 Å². The van der Waals surface area contributed by atoms with E-state index in [1.54, 1.807) is 0 Å². The number of benzene rings is 3. The highest BCUT2D eigenvalue weighted by Gasteiger charge is 2.32. The predicted octanol–water partition coefficient (Wildman–Crippen LogP) is 6.52. The normalized spacial score (nSPS) is 11.5. The number of hydrogen-bond acceptors (Lipinski definition) is 2. The third-order valence-corrected chi connectivity index (χ3v) is 4.57. The Morgan fingerprint density at radius 3 is 1.49 bits per heavy atom. The molecule has 0 unspecified atom stereocenters. The predicted molar refractivity (Wildman–Crippen MR) is 115 cm³/mol. The summed E-state index contributed by atoms with van der Waals surface area (Å²) in [6.07, 6.45) is -8.35. The van der Waals surface area contributed by atoms with Gasteiger partial charge in [0.1, 0.15) is 11.4 Å². The van der Waals surface area contributed by atoms with Gasteiger partial charge in [0.2, 0.25) is 0 Å². The molecule has 182 valence electrons. The largest absolute Gasteiger partial charge is 0.416 e. The lowest BCUT2D eigenvalue weighted by Gasteiger charge is -2.13. The van der Waals surface area contributed by atoms with Crippen molar-refractivity contribution in [1.29, 1.82) is 0 Å². The Morgan fingerprint density at radius 2 is 1.09 bits per heavy atom. The summed E-state index contributed by atoms with van der Waals surface area (Å²) < 4.78 is 91.1. The fourth-order valence-electron chi connectivity index (χ4n) is 2.90. The second kappa shape index (κ2) is 10.00. The number of anilines is 2. The summed E-state index contributed by atoms with van der Waals surface area (Å²) in [6.45, 7) is 0. The van der Waals surface area contributed by atoms with Crippen LogP contribution in [0.15, 0.2) is 78.4 Å². The van der Waals surface area contributed by atoms with Crippen molar-refractivity contribution in [3.05, 3.63) is 101 Å². The molecule has 0 aliphatic rings. The molecule has 2 amide bonds. The molecule has 0 atom stereocenters. The van der Waals surface area contributed by atoms with Crippen molar-refractivity contribution < 1.29 is 40.3 Å². The van der Waals surface area contributed by atoms with Crippen molar-refractivity contribution in [3.63, 3.8) is 0 Å². The molecule has 11 heteroatoms. The van der Waals surface area contributed by atoms with Crippen molar-refractivity contribution in [2.75, 3.05) is 10.6 Å². The Bertz CT molecular complexity index is 1190. The average Bonchev–Trinajstić information content (AvgIpc) is 2.77. The van der Waals surface area contributed by atoms with Gasteiger partial charge in [0, 0.05) is 11.4 Å². The maximum absolute atomic E-state index is 13.2. The van der Waals surface area contributed by atoms with Gasteiger partial charge in [0.15, 0.2) is 0 Å². The summed E-state index contributed by atoms with van der Waals surface area (Å²) in [5.41, 5.74) is -3.12. The molecule has 2 N–H and O–H groups in total. The van der Waals surface area contributed by atoms with E-state index >= 15 is 0 Å². The highest BCUT2D eigenvalue weighted by atomic mass is 19.4. The van der Waals surface area contributed by atoms with Gasteiger partial charge in [0.05, 0.1) is 11.1 Å². The topological polar surface area (TPSA) is 58.2 Å². The molecule has 3 rings (SSSR count). The Kier molecular flexibility index (Phi) is 7.28. The first-order valence-corrected chi connectivity index (χ1v) is 9.77. The van der Waals surface area contributed by atoms with Crippen LogP contribution in [-0.4, -0.2) is 11.8 Å². The van der Waals surface area contributed by atoms with Crippen LogP contribution >= 0.6 is 0 Å².